The van der Waals surface area contributed by atoms with Crippen LogP contribution < -0.4 is 15.8 Å². The lowest BCUT2D eigenvalue weighted by Gasteiger charge is -2.12. The maximum atomic E-state index is 11.2. The van der Waals surface area contributed by atoms with E-state index in [-0.39, 0.29) is 4.90 Å². The summed E-state index contributed by atoms with van der Waals surface area (Å²) in [6.45, 7) is 0.435. The first-order valence-corrected chi connectivity index (χ1v) is 9.50. The van der Waals surface area contributed by atoms with E-state index in [9.17, 15) is 8.42 Å². The maximum Gasteiger partial charge on any atom is 0.238 e. The lowest BCUT2D eigenvalue weighted by atomic mass is 10.2. The van der Waals surface area contributed by atoms with Crippen molar-refractivity contribution in [2.24, 2.45) is 5.14 Å². The van der Waals surface area contributed by atoms with Gasteiger partial charge in [-0.15, -0.1) is 0 Å². The van der Waals surface area contributed by atoms with Crippen molar-refractivity contribution in [2.75, 3.05) is 5.32 Å². The Balaban J connectivity index is 1.94. The van der Waals surface area contributed by atoms with Crippen LogP contribution in [0.1, 0.15) is 5.56 Å². The molecular formula is C14H13BrClN3O2S2. The molecule has 0 heterocycles. The molecule has 0 saturated heterocycles. The molecule has 0 aliphatic rings. The average molecular weight is 435 g/mol. The summed E-state index contributed by atoms with van der Waals surface area (Å²) in [5.41, 5.74) is 1.56. The highest BCUT2D eigenvalue weighted by Crippen LogP contribution is 2.25. The minimum atomic E-state index is -3.68. The molecule has 2 aromatic rings. The zero-order valence-electron chi connectivity index (χ0n) is 11.7. The molecule has 2 aromatic carbocycles. The number of benzene rings is 2. The zero-order valence-corrected chi connectivity index (χ0v) is 15.7. The second kappa shape index (κ2) is 7.59. The van der Waals surface area contributed by atoms with Gasteiger partial charge in [0.1, 0.15) is 0 Å². The van der Waals surface area contributed by atoms with E-state index in [4.69, 9.17) is 29.0 Å². The molecular weight excluding hydrogens is 422 g/mol. The van der Waals surface area contributed by atoms with Gasteiger partial charge in [0.05, 0.1) is 15.6 Å². The zero-order chi connectivity index (χ0) is 17.0. The van der Waals surface area contributed by atoms with E-state index in [2.05, 4.69) is 26.6 Å². The first-order chi connectivity index (χ1) is 10.8. The lowest BCUT2D eigenvalue weighted by Crippen LogP contribution is -2.28. The highest BCUT2D eigenvalue weighted by atomic mass is 79.9. The molecule has 4 N–H and O–H groups in total. The van der Waals surface area contributed by atoms with Crippen molar-refractivity contribution < 1.29 is 8.42 Å². The van der Waals surface area contributed by atoms with Crippen molar-refractivity contribution in [3.63, 3.8) is 0 Å². The molecule has 0 amide bonds. The van der Waals surface area contributed by atoms with E-state index in [1.807, 2.05) is 6.07 Å². The summed E-state index contributed by atoms with van der Waals surface area (Å²) >= 11 is 14.6. The van der Waals surface area contributed by atoms with Crippen LogP contribution in [0.4, 0.5) is 5.69 Å². The topological polar surface area (TPSA) is 84.2 Å². The number of nitrogens with one attached hydrogen (secondary N) is 2. The van der Waals surface area contributed by atoms with Crippen LogP contribution in [0.15, 0.2) is 51.8 Å². The van der Waals surface area contributed by atoms with Crippen LogP contribution in [0.5, 0.6) is 0 Å². The van der Waals surface area contributed by atoms with Crippen molar-refractivity contribution in [1.82, 2.24) is 5.32 Å². The van der Waals surface area contributed by atoms with Crippen molar-refractivity contribution in [3.8, 4) is 0 Å². The van der Waals surface area contributed by atoms with Gasteiger partial charge in [-0.25, -0.2) is 13.6 Å². The van der Waals surface area contributed by atoms with Crippen LogP contribution in [0.25, 0.3) is 0 Å². The summed E-state index contributed by atoms with van der Waals surface area (Å²) in [7, 11) is -3.68. The van der Waals surface area contributed by atoms with Crippen LogP contribution in [0, 0.1) is 0 Å². The molecule has 0 fully saturated rings. The number of primary sulfonamides is 1. The summed E-state index contributed by atoms with van der Waals surface area (Å²) in [4.78, 5) is 0.0728. The Morgan fingerprint density at radius 3 is 2.43 bits per heavy atom. The van der Waals surface area contributed by atoms with Crippen molar-refractivity contribution in [2.45, 2.75) is 11.4 Å². The monoisotopic (exact) mass is 433 g/mol. The summed E-state index contributed by atoms with van der Waals surface area (Å²) in [6.07, 6.45) is 0. The van der Waals surface area contributed by atoms with Crippen molar-refractivity contribution >= 4 is 60.6 Å². The van der Waals surface area contributed by atoms with Gasteiger partial charge in [0, 0.05) is 11.0 Å². The maximum absolute atomic E-state index is 11.2. The molecule has 0 saturated carbocycles. The molecule has 0 bridgehead atoms. The van der Waals surface area contributed by atoms with Crippen molar-refractivity contribution in [3.05, 3.63) is 57.5 Å². The molecule has 0 unspecified atom stereocenters. The molecule has 5 nitrogen and oxygen atoms in total. The van der Waals surface area contributed by atoms with Crippen molar-refractivity contribution in [1.29, 1.82) is 0 Å². The van der Waals surface area contributed by atoms with E-state index in [1.165, 1.54) is 12.1 Å². The molecule has 0 aromatic heterocycles. The van der Waals surface area contributed by atoms with Gasteiger partial charge in [-0.3, -0.25) is 0 Å². The van der Waals surface area contributed by atoms with E-state index >= 15 is 0 Å². The molecule has 0 aliphatic heterocycles. The van der Waals surface area contributed by atoms with Gasteiger partial charge in [-0.1, -0.05) is 39.7 Å². The molecule has 0 radical (unpaired) electrons. The SMILES string of the molecule is NS(=O)(=O)c1ccc(CNC(=S)Nc2ccc(Br)cc2Cl)cc1. The molecule has 122 valence electrons. The Kier molecular flexibility index (Phi) is 5.99. The van der Waals surface area contributed by atoms with E-state index in [0.717, 1.165) is 10.0 Å². The number of anilines is 1. The molecule has 0 spiro atoms. The number of rotatable bonds is 4. The lowest BCUT2D eigenvalue weighted by molar-refractivity contribution is 0.597. The van der Waals surface area contributed by atoms with Crippen LogP contribution in [0.2, 0.25) is 5.02 Å². The third-order valence-electron chi connectivity index (χ3n) is 2.88. The molecule has 9 heteroatoms. The minimum Gasteiger partial charge on any atom is -0.358 e. The second-order valence-corrected chi connectivity index (χ2v) is 7.91. The molecule has 23 heavy (non-hydrogen) atoms. The number of hydrogen-bond acceptors (Lipinski definition) is 3. The molecule has 2 rings (SSSR count). The van der Waals surface area contributed by atoms with Crippen LogP contribution >= 0.6 is 39.7 Å². The highest BCUT2D eigenvalue weighted by Gasteiger charge is 2.07. The minimum absolute atomic E-state index is 0.0728. The van der Waals surface area contributed by atoms with Gasteiger partial charge >= 0.3 is 0 Å². The number of halogens is 2. The first kappa shape index (κ1) is 18.2. The first-order valence-electron chi connectivity index (χ1n) is 6.37. The Hall–Kier alpha value is -1.19. The van der Waals surface area contributed by atoms with Crippen LogP contribution in [-0.4, -0.2) is 13.5 Å². The fourth-order valence-corrected chi connectivity index (χ4v) is 3.15. The van der Waals surface area contributed by atoms with Gasteiger partial charge < -0.3 is 10.6 Å². The largest absolute Gasteiger partial charge is 0.358 e. The average Bonchev–Trinajstić information content (AvgIpc) is 2.47. The number of hydrogen-bond donors (Lipinski definition) is 3. The highest BCUT2D eigenvalue weighted by molar-refractivity contribution is 9.10. The third-order valence-corrected chi connectivity index (χ3v) is 4.87. The van der Waals surface area contributed by atoms with Gasteiger partial charge in [-0.05, 0) is 48.1 Å². The quantitative estimate of drug-likeness (QED) is 0.643. The fraction of sp³-hybridized carbons (Fsp3) is 0.0714. The number of sulfonamides is 1. The predicted octanol–water partition coefficient (Wildman–Crippen LogP) is 3.24. The molecule has 0 aliphatic carbocycles. The summed E-state index contributed by atoms with van der Waals surface area (Å²) in [5, 5.41) is 12.0. The summed E-state index contributed by atoms with van der Waals surface area (Å²) in [6, 6.07) is 11.7. The van der Waals surface area contributed by atoms with Gasteiger partial charge in [-0.2, -0.15) is 0 Å². The van der Waals surface area contributed by atoms with Crippen LogP contribution in [0.3, 0.4) is 0 Å². The summed E-state index contributed by atoms with van der Waals surface area (Å²) in [5.74, 6) is 0. The smallest absolute Gasteiger partial charge is 0.238 e. The van der Waals surface area contributed by atoms with E-state index < -0.39 is 10.0 Å². The van der Waals surface area contributed by atoms with Gasteiger partial charge in [0.25, 0.3) is 0 Å². The number of thiocarbonyl (C=S) groups is 1. The standard InChI is InChI=1S/C14H13BrClN3O2S2/c15-10-3-6-13(12(16)7-10)19-14(22)18-8-9-1-4-11(5-2-9)23(17,20)21/h1-7H,8H2,(H2,17,20,21)(H2,18,19,22). The fourth-order valence-electron chi connectivity index (χ4n) is 1.74. The number of nitrogens with two attached hydrogens (primary N) is 1. The Morgan fingerprint density at radius 1 is 1.22 bits per heavy atom. The predicted molar refractivity (Wildman–Crippen MR) is 100 cm³/mol. The summed E-state index contributed by atoms with van der Waals surface area (Å²) < 4.78 is 23.2. The van der Waals surface area contributed by atoms with Gasteiger partial charge in [0.15, 0.2) is 5.11 Å². The Labute approximate surface area is 153 Å². The Bertz CT molecular complexity index is 826. The second-order valence-electron chi connectivity index (χ2n) is 4.62. The van der Waals surface area contributed by atoms with Crippen LogP contribution in [-0.2, 0) is 16.6 Å². The molecule has 0 atom stereocenters. The van der Waals surface area contributed by atoms with E-state index in [0.29, 0.717) is 22.4 Å². The Morgan fingerprint density at radius 2 is 1.87 bits per heavy atom. The normalized spacial score (nSPS) is 11.1. The van der Waals surface area contributed by atoms with Gasteiger partial charge in [0.2, 0.25) is 10.0 Å². The third kappa shape index (κ3) is 5.43. The van der Waals surface area contributed by atoms with E-state index in [1.54, 1.807) is 24.3 Å².